The van der Waals surface area contributed by atoms with E-state index in [1.807, 2.05) is 18.2 Å². The van der Waals surface area contributed by atoms with Gasteiger partial charge in [-0.1, -0.05) is 30.3 Å². The highest BCUT2D eigenvalue weighted by Gasteiger charge is 2.36. The van der Waals surface area contributed by atoms with Crippen LogP contribution in [0.3, 0.4) is 0 Å². The highest BCUT2D eigenvalue weighted by atomic mass is 32.2. The van der Waals surface area contributed by atoms with Crippen LogP contribution in [0.1, 0.15) is 23.4 Å². The van der Waals surface area contributed by atoms with Crippen molar-refractivity contribution in [1.82, 2.24) is 15.8 Å². The van der Waals surface area contributed by atoms with Gasteiger partial charge in [0.05, 0.1) is 11.3 Å². The second kappa shape index (κ2) is 6.61. The van der Waals surface area contributed by atoms with Crippen LogP contribution in [-0.2, 0) is 16.8 Å². The lowest BCUT2D eigenvalue weighted by atomic mass is 10.1. The number of nitrogens with zero attached hydrogens (tertiary/aromatic N) is 1. The molecule has 0 bridgehead atoms. The zero-order valence-electron chi connectivity index (χ0n) is 13.6. The molecule has 2 heterocycles. The van der Waals surface area contributed by atoms with Gasteiger partial charge in [-0.2, -0.15) is 13.2 Å². The van der Waals surface area contributed by atoms with Crippen LogP contribution in [0.2, 0.25) is 0 Å². The van der Waals surface area contributed by atoms with Crippen molar-refractivity contribution in [1.29, 1.82) is 0 Å². The number of fused-ring (bicyclic) bond motifs is 1. The average molecular weight is 379 g/mol. The fourth-order valence-corrected chi connectivity index (χ4v) is 4.21. The van der Waals surface area contributed by atoms with Crippen molar-refractivity contribution >= 4 is 22.9 Å². The molecule has 2 aromatic carbocycles. The standard InChI is InChI=1S/C18H16F3N3OS/c19-18(20,21)13-6-7-15-14(10-13)23-16(25-15)11-26-17(8-9-22-24-17)12-4-2-1-3-5-12/h1-7,10,22,24H,8-9,11H2. The summed E-state index contributed by atoms with van der Waals surface area (Å²) in [6, 6.07) is 13.4. The number of hydrogen-bond donors (Lipinski definition) is 2. The Kier molecular flexibility index (Phi) is 4.42. The highest BCUT2D eigenvalue weighted by Crippen LogP contribution is 2.40. The van der Waals surface area contributed by atoms with Crippen molar-refractivity contribution in [2.45, 2.75) is 23.2 Å². The Bertz CT molecular complexity index is 905. The number of halogens is 3. The maximum atomic E-state index is 12.8. The van der Waals surface area contributed by atoms with E-state index in [4.69, 9.17) is 4.42 Å². The number of hydrogen-bond acceptors (Lipinski definition) is 5. The molecule has 0 saturated carbocycles. The minimum absolute atomic E-state index is 0.224. The number of oxazole rings is 1. The second-order valence-corrected chi connectivity index (χ2v) is 7.35. The summed E-state index contributed by atoms with van der Waals surface area (Å²) in [5, 5.41) is 0. The summed E-state index contributed by atoms with van der Waals surface area (Å²) < 4.78 is 44.1. The molecule has 1 aromatic heterocycles. The Hall–Kier alpha value is -2.03. The number of thioether (sulfide) groups is 1. The van der Waals surface area contributed by atoms with E-state index in [-0.39, 0.29) is 10.4 Å². The molecule has 0 spiro atoms. The van der Waals surface area contributed by atoms with Crippen molar-refractivity contribution in [3.63, 3.8) is 0 Å². The average Bonchev–Trinajstić information content (AvgIpc) is 3.27. The molecule has 2 N–H and O–H groups in total. The smallest absolute Gasteiger partial charge is 0.416 e. The van der Waals surface area contributed by atoms with Gasteiger partial charge in [0.25, 0.3) is 0 Å². The van der Waals surface area contributed by atoms with Crippen molar-refractivity contribution in [3.05, 3.63) is 65.5 Å². The van der Waals surface area contributed by atoms with Gasteiger partial charge in [-0.15, -0.1) is 11.8 Å². The van der Waals surface area contributed by atoms with Crippen molar-refractivity contribution < 1.29 is 17.6 Å². The van der Waals surface area contributed by atoms with E-state index in [2.05, 4.69) is 28.0 Å². The Morgan fingerprint density at radius 1 is 1.15 bits per heavy atom. The normalized spacial score (nSPS) is 20.7. The summed E-state index contributed by atoms with van der Waals surface area (Å²) in [5.74, 6) is 0.855. The number of hydrazine groups is 1. The third-order valence-electron chi connectivity index (χ3n) is 4.33. The number of benzene rings is 2. The fourth-order valence-electron chi connectivity index (χ4n) is 3.02. The van der Waals surface area contributed by atoms with Crippen LogP contribution in [0.25, 0.3) is 11.1 Å². The van der Waals surface area contributed by atoms with Gasteiger partial charge in [0.1, 0.15) is 10.4 Å². The predicted molar refractivity (Wildman–Crippen MR) is 94.2 cm³/mol. The van der Waals surface area contributed by atoms with E-state index >= 15 is 0 Å². The summed E-state index contributed by atoms with van der Waals surface area (Å²) in [4.78, 5) is 3.92. The van der Waals surface area contributed by atoms with Crippen LogP contribution in [-0.4, -0.2) is 11.5 Å². The Morgan fingerprint density at radius 3 is 2.65 bits per heavy atom. The first-order chi connectivity index (χ1) is 12.5. The molecule has 4 nitrogen and oxygen atoms in total. The van der Waals surface area contributed by atoms with Gasteiger partial charge in [0, 0.05) is 6.54 Å². The molecule has 0 aliphatic carbocycles. The summed E-state index contributed by atoms with van der Waals surface area (Å²) >= 11 is 1.61. The maximum absolute atomic E-state index is 12.8. The molecule has 1 unspecified atom stereocenters. The Morgan fingerprint density at radius 2 is 1.96 bits per heavy atom. The minimum atomic E-state index is -4.39. The molecule has 4 rings (SSSR count). The molecular weight excluding hydrogens is 363 g/mol. The van der Waals surface area contributed by atoms with Gasteiger partial charge < -0.3 is 4.42 Å². The zero-order valence-corrected chi connectivity index (χ0v) is 14.5. The summed E-state index contributed by atoms with van der Waals surface area (Å²) in [7, 11) is 0. The lowest BCUT2D eigenvalue weighted by molar-refractivity contribution is -0.137. The third kappa shape index (κ3) is 3.32. The fraction of sp³-hybridized carbons (Fsp3) is 0.278. The molecule has 136 valence electrons. The Balaban J connectivity index is 1.57. The van der Waals surface area contributed by atoms with Crippen molar-refractivity contribution in [2.24, 2.45) is 0 Å². The molecule has 8 heteroatoms. The van der Waals surface area contributed by atoms with Gasteiger partial charge in [-0.05, 0) is 30.2 Å². The molecule has 1 aliphatic rings. The number of aromatic nitrogens is 1. The van der Waals surface area contributed by atoms with Gasteiger partial charge in [0.15, 0.2) is 5.58 Å². The van der Waals surface area contributed by atoms with E-state index in [9.17, 15) is 13.2 Å². The van der Waals surface area contributed by atoms with Crippen molar-refractivity contribution in [2.75, 3.05) is 6.54 Å². The first kappa shape index (κ1) is 17.4. The largest absolute Gasteiger partial charge is 0.440 e. The zero-order chi connectivity index (χ0) is 18.2. The number of alkyl halides is 3. The van der Waals surface area contributed by atoms with E-state index in [1.165, 1.54) is 6.07 Å². The van der Waals surface area contributed by atoms with E-state index in [0.717, 1.165) is 30.7 Å². The SMILES string of the molecule is FC(F)(F)c1ccc2oc(CSC3(c4ccccc4)CCNN3)nc2c1. The molecule has 26 heavy (non-hydrogen) atoms. The number of nitrogens with one attached hydrogen (secondary N) is 2. The van der Waals surface area contributed by atoms with E-state index in [1.54, 1.807) is 11.8 Å². The monoisotopic (exact) mass is 379 g/mol. The Labute approximate surface area is 152 Å². The lowest BCUT2D eigenvalue weighted by Crippen LogP contribution is -2.38. The predicted octanol–water partition coefficient (Wildman–Crippen LogP) is 4.43. The van der Waals surface area contributed by atoms with E-state index in [0.29, 0.717) is 17.2 Å². The molecule has 1 fully saturated rings. The van der Waals surface area contributed by atoms with Crippen LogP contribution >= 0.6 is 11.8 Å². The molecule has 0 radical (unpaired) electrons. The quantitative estimate of drug-likeness (QED) is 0.702. The van der Waals surface area contributed by atoms with Crippen LogP contribution in [0.15, 0.2) is 52.9 Å². The topological polar surface area (TPSA) is 50.1 Å². The van der Waals surface area contributed by atoms with Gasteiger partial charge >= 0.3 is 6.18 Å². The van der Waals surface area contributed by atoms with Crippen LogP contribution in [0.4, 0.5) is 13.2 Å². The first-order valence-corrected chi connectivity index (χ1v) is 9.11. The molecule has 1 aliphatic heterocycles. The highest BCUT2D eigenvalue weighted by molar-refractivity contribution is 7.99. The van der Waals surface area contributed by atoms with E-state index < -0.39 is 11.7 Å². The summed E-state index contributed by atoms with van der Waals surface area (Å²) in [6.07, 6.45) is -3.51. The molecule has 0 amide bonds. The molecule has 1 atom stereocenters. The third-order valence-corrected chi connectivity index (χ3v) is 5.76. The van der Waals surface area contributed by atoms with Gasteiger partial charge in [-0.25, -0.2) is 10.4 Å². The van der Waals surface area contributed by atoms with Gasteiger partial charge in [-0.3, -0.25) is 5.43 Å². The van der Waals surface area contributed by atoms with Crippen LogP contribution in [0.5, 0.6) is 0 Å². The molecular formula is C18H16F3N3OS. The van der Waals surface area contributed by atoms with Crippen LogP contribution < -0.4 is 10.9 Å². The summed E-state index contributed by atoms with van der Waals surface area (Å²) in [6.45, 7) is 0.824. The molecule has 1 saturated heterocycles. The minimum Gasteiger partial charge on any atom is -0.440 e. The first-order valence-electron chi connectivity index (χ1n) is 8.12. The lowest BCUT2D eigenvalue weighted by Gasteiger charge is -2.28. The molecule has 3 aromatic rings. The van der Waals surface area contributed by atoms with Crippen molar-refractivity contribution in [3.8, 4) is 0 Å². The van der Waals surface area contributed by atoms with Crippen LogP contribution in [0, 0.1) is 0 Å². The number of rotatable bonds is 4. The second-order valence-electron chi connectivity index (χ2n) is 6.07. The maximum Gasteiger partial charge on any atom is 0.416 e. The van der Waals surface area contributed by atoms with Gasteiger partial charge in [0.2, 0.25) is 5.89 Å². The summed E-state index contributed by atoms with van der Waals surface area (Å²) in [5.41, 5.74) is 7.46.